The number of aromatic amines is 1. The van der Waals surface area contributed by atoms with Gasteiger partial charge in [0.2, 0.25) is 0 Å². The largest absolute Gasteiger partial charge is 0.489 e. The molecule has 0 atom stereocenters. The predicted octanol–water partition coefficient (Wildman–Crippen LogP) is 4.50. The van der Waals surface area contributed by atoms with Gasteiger partial charge in [-0.2, -0.15) is 0 Å². The van der Waals surface area contributed by atoms with Crippen LogP contribution in [-0.2, 0) is 4.74 Å². The van der Waals surface area contributed by atoms with E-state index in [1.165, 1.54) is 5.69 Å². The summed E-state index contributed by atoms with van der Waals surface area (Å²) in [7, 11) is 1.74. The second-order valence-corrected chi connectivity index (χ2v) is 6.23. The third kappa shape index (κ3) is 2.52. The Labute approximate surface area is 124 Å². The molecule has 108 valence electrons. The van der Waals surface area contributed by atoms with Crippen LogP contribution in [0.4, 0.5) is 0 Å². The van der Waals surface area contributed by atoms with E-state index in [0.29, 0.717) is 17.0 Å². The zero-order chi connectivity index (χ0) is 14.3. The second kappa shape index (κ2) is 5.30. The normalized spacial score (nSPS) is 22.2. The molecule has 1 saturated carbocycles. The van der Waals surface area contributed by atoms with E-state index in [0.717, 1.165) is 29.5 Å². The predicted molar refractivity (Wildman–Crippen MR) is 81.8 cm³/mol. The van der Waals surface area contributed by atoms with Gasteiger partial charge in [-0.1, -0.05) is 25.4 Å². The maximum Gasteiger partial charge on any atom is 0.140 e. The molecule has 1 aromatic carbocycles. The number of ether oxygens (including phenoxy) is 2. The lowest BCUT2D eigenvalue weighted by molar-refractivity contribution is -0.0380. The van der Waals surface area contributed by atoms with Gasteiger partial charge in [0.25, 0.3) is 0 Å². The molecule has 0 amide bonds. The number of fused-ring (bicyclic) bond motifs is 1. The quantitative estimate of drug-likeness (QED) is 0.900. The third-order valence-corrected chi connectivity index (χ3v) is 4.29. The van der Waals surface area contributed by atoms with Gasteiger partial charge in [0.1, 0.15) is 11.9 Å². The fraction of sp³-hybridized carbons (Fsp3) is 0.500. The van der Waals surface area contributed by atoms with Crippen LogP contribution < -0.4 is 4.74 Å². The molecular weight excluding hydrogens is 274 g/mol. The average Bonchev–Trinajstić information content (AvgIpc) is 2.76. The van der Waals surface area contributed by atoms with Gasteiger partial charge in [-0.05, 0) is 18.1 Å². The van der Waals surface area contributed by atoms with Crippen LogP contribution in [0.3, 0.4) is 0 Å². The highest BCUT2D eigenvalue weighted by Crippen LogP contribution is 2.35. The SMILES string of the molecule is COC1CC(Oc2cc3[nH]c(C(C)C)cc3cc2Cl)C1. The van der Waals surface area contributed by atoms with Crippen LogP contribution in [-0.4, -0.2) is 24.3 Å². The van der Waals surface area contributed by atoms with Crippen molar-refractivity contribution in [1.82, 2.24) is 4.98 Å². The summed E-state index contributed by atoms with van der Waals surface area (Å²) in [6, 6.07) is 6.13. The molecule has 1 aliphatic rings. The summed E-state index contributed by atoms with van der Waals surface area (Å²) in [6.07, 6.45) is 2.43. The first-order chi connectivity index (χ1) is 9.56. The van der Waals surface area contributed by atoms with Gasteiger partial charge in [-0.3, -0.25) is 0 Å². The van der Waals surface area contributed by atoms with Crippen molar-refractivity contribution >= 4 is 22.5 Å². The van der Waals surface area contributed by atoms with Crippen molar-refractivity contribution in [3.8, 4) is 5.75 Å². The highest BCUT2D eigenvalue weighted by atomic mass is 35.5. The molecular formula is C16H20ClNO2. The van der Waals surface area contributed by atoms with Crippen molar-refractivity contribution in [1.29, 1.82) is 0 Å². The molecule has 0 bridgehead atoms. The highest BCUT2D eigenvalue weighted by Gasteiger charge is 2.31. The fourth-order valence-electron chi connectivity index (χ4n) is 2.54. The van der Waals surface area contributed by atoms with Gasteiger partial charge in [0.15, 0.2) is 0 Å². The Morgan fingerprint density at radius 2 is 1.95 bits per heavy atom. The van der Waals surface area contributed by atoms with Crippen LogP contribution in [0.25, 0.3) is 10.9 Å². The summed E-state index contributed by atoms with van der Waals surface area (Å²) in [5.41, 5.74) is 2.30. The summed E-state index contributed by atoms with van der Waals surface area (Å²) >= 11 is 6.32. The molecule has 1 aromatic heterocycles. The van der Waals surface area contributed by atoms with Crippen LogP contribution in [0.5, 0.6) is 5.75 Å². The molecule has 1 N–H and O–H groups in total. The molecule has 0 aliphatic heterocycles. The number of hydrogen-bond acceptors (Lipinski definition) is 2. The molecule has 0 spiro atoms. The Bertz CT molecular complexity index is 614. The van der Waals surface area contributed by atoms with E-state index in [2.05, 4.69) is 24.9 Å². The maximum absolute atomic E-state index is 6.32. The third-order valence-electron chi connectivity index (χ3n) is 3.99. The van der Waals surface area contributed by atoms with E-state index in [9.17, 15) is 0 Å². The van der Waals surface area contributed by atoms with E-state index in [-0.39, 0.29) is 6.10 Å². The van der Waals surface area contributed by atoms with Crippen molar-refractivity contribution in [3.05, 3.63) is 28.9 Å². The van der Waals surface area contributed by atoms with Crippen molar-refractivity contribution in [3.63, 3.8) is 0 Å². The van der Waals surface area contributed by atoms with Crippen molar-refractivity contribution < 1.29 is 9.47 Å². The first-order valence-corrected chi connectivity index (χ1v) is 7.46. The maximum atomic E-state index is 6.32. The Balaban J connectivity index is 1.82. The number of halogens is 1. The van der Waals surface area contributed by atoms with E-state index in [1.54, 1.807) is 7.11 Å². The minimum Gasteiger partial charge on any atom is -0.489 e. The molecule has 1 fully saturated rings. The smallest absolute Gasteiger partial charge is 0.140 e. The number of aromatic nitrogens is 1. The van der Waals surface area contributed by atoms with Gasteiger partial charge < -0.3 is 14.5 Å². The summed E-state index contributed by atoms with van der Waals surface area (Å²) in [6.45, 7) is 4.34. The zero-order valence-electron chi connectivity index (χ0n) is 12.1. The van der Waals surface area contributed by atoms with Gasteiger partial charge in [0.05, 0.1) is 11.1 Å². The first kappa shape index (κ1) is 13.8. The molecule has 3 rings (SSSR count). The number of nitrogens with one attached hydrogen (secondary N) is 1. The highest BCUT2D eigenvalue weighted by molar-refractivity contribution is 6.32. The lowest BCUT2D eigenvalue weighted by Gasteiger charge is -2.34. The minimum absolute atomic E-state index is 0.217. The number of benzene rings is 1. The fourth-order valence-corrected chi connectivity index (χ4v) is 2.76. The second-order valence-electron chi connectivity index (χ2n) is 5.82. The molecule has 4 heteroatoms. The standard InChI is InChI=1S/C16H20ClNO2/c1-9(2)14-5-10-4-13(17)16(8-15(10)18-14)20-12-6-11(7-12)19-3/h4-5,8-9,11-12,18H,6-7H2,1-3H3. The molecule has 0 radical (unpaired) electrons. The summed E-state index contributed by atoms with van der Waals surface area (Å²) in [5, 5.41) is 1.81. The molecule has 0 unspecified atom stereocenters. The summed E-state index contributed by atoms with van der Waals surface area (Å²) in [4.78, 5) is 3.43. The summed E-state index contributed by atoms with van der Waals surface area (Å²) < 4.78 is 11.2. The molecule has 1 heterocycles. The van der Waals surface area contributed by atoms with E-state index >= 15 is 0 Å². The van der Waals surface area contributed by atoms with E-state index in [1.807, 2.05) is 12.1 Å². The van der Waals surface area contributed by atoms with E-state index < -0.39 is 0 Å². The lowest BCUT2D eigenvalue weighted by Crippen LogP contribution is -2.38. The number of rotatable bonds is 4. The summed E-state index contributed by atoms with van der Waals surface area (Å²) in [5.74, 6) is 1.23. The number of hydrogen-bond donors (Lipinski definition) is 1. The van der Waals surface area contributed by atoms with Crippen LogP contribution in [0.2, 0.25) is 5.02 Å². The van der Waals surface area contributed by atoms with E-state index in [4.69, 9.17) is 21.1 Å². The Kier molecular flexibility index (Phi) is 3.65. The Hall–Kier alpha value is -1.19. The van der Waals surface area contributed by atoms with Gasteiger partial charge >= 0.3 is 0 Å². The van der Waals surface area contributed by atoms with Crippen LogP contribution >= 0.6 is 11.6 Å². The van der Waals surface area contributed by atoms with Crippen molar-refractivity contribution in [2.75, 3.05) is 7.11 Å². The molecule has 20 heavy (non-hydrogen) atoms. The number of H-pyrrole nitrogens is 1. The van der Waals surface area contributed by atoms with Gasteiger partial charge in [-0.15, -0.1) is 0 Å². The minimum atomic E-state index is 0.217. The molecule has 1 aliphatic carbocycles. The zero-order valence-corrected chi connectivity index (χ0v) is 12.8. The van der Waals surface area contributed by atoms with Gasteiger partial charge in [0, 0.05) is 42.6 Å². The van der Waals surface area contributed by atoms with Crippen LogP contribution in [0.15, 0.2) is 18.2 Å². The van der Waals surface area contributed by atoms with Crippen molar-refractivity contribution in [2.24, 2.45) is 0 Å². The van der Waals surface area contributed by atoms with Crippen molar-refractivity contribution in [2.45, 2.75) is 44.8 Å². The van der Waals surface area contributed by atoms with Crippen LogP contribution in [0, 0.1) is 0 Å². The average molecular weight is 294 g/mol. The van der Waals surface area contributed by atoms with Crippen LogP contribution in [0.1, 0.15) is 38.3 Å². The molecule has 3 nitrogen and oxygen atoms in total. The Morgan fingerprint density at radius 1 is 1.20 bits per heavy atom. The monoisotopic (exact) mass is 293 g/mol. The number of methoxy groups -OCH3 is 1. The molecule has 2 aromatic rings. The molecule has 0 saturated heterocycles. The lowest BCUT2D eigenvalue weighted by atomic mass is 9.92. The van der Waals surface area contributed by atoms with Gasteiger partial charge in [-0.25, -0.2) is 0 Å². The first-order valence-electron chi connectivity index (χ1n) is 7.08. The topological polar surface area (TPSA) is 34.2 Å². The Morgan fingerprint density at radius 3 is 2.60 bits per heavy atom.